The lowest BCUT2D eigenvalue weighted by Gasteiger charge is -2.22. The second-order valence-electron chi connectivity index (χ2n) is 5.49. The summed E-state index contributed by atoms with van der Waals surface area (Å²) < 4.78 is 63.1. The predicted molar refractivity (Wildman–Crippen MR) is 93.1 cm³/mol. The Morgan fingerprint density at radius 3 is 2.31 bits per heavy atom. The highest BCUT2D eigenvalue weighted by Gasteiger charge is 2.32. The molecule has 0 aliphatic carbocycles. The first-order valence-corrected chi connectivity index (χ1v) is 9.12. The molecule has 0 saturated heterocycles. The van der Waals surface area contributed by atoms with Crippen LogP contribution in [-0.4, -0.2) is 27.1 Å². The molecule has 10 heteroatoms. The van der Waals surface area contributed by atoms with Crippen molar-refractivity contribution < 1.29 is 26.4 Å². The standard InChI is InChI=1S/C16H16F3N3O3S/c1-26(24,25)22(14-4-2-3-11(9-14)16(17,18)19)10-15(23)21-13-7-5-12(20)6-8-13/h2-9H,10,20H2,1H3,(H,21,23). The Hall–Kier alpha value is -2.75. The van der Waals surface area contributed by atoms with Gasteiger partial charge >= 0.3 is 6.18 Å². The SMILES string of the molecule is CS(=O)(=O)N(CC(=O)Nc1ccc(N)cc1)c1cccc(C(F)(F)F)c1. The van der Waals surface area contributed by atoms with Gasteiger partial charge in [0.25, 0.3) is 0 Å². The fourth-order valence-corrected chi connectivity index (χ4v) is 2.98. The Morgan fingerprint density at radius 1 is 1.15 bits per heavy atom. The number of nitrogens with one attached hydrogen (secondary N) is 1. The van der Waals surface area contributed by atoms with Crippen LogP contribution >= 0.6 is 0 Å². The summed E-state index contributed by atoms with van der Waals surface area (Å²) in [4.78, 5) is 12.1. The van der Waals surface area contributed by atoms with Gasteiger partial charge in [0.15, 0.2) is 0 Å². The molecule has 0 bridgehead atoms. The molecule has 0 atom stereocenters. The number of nitrogens with zero attached hydrogens (tertiary/aromatic N) is 1. The highest BCUT2D eigenvalue weighted by Crippen LogP contribution is 2.32. The van der Waals surface area contributed by atoms with Crippen LogP contribution in [0.15, 0.2) is 48.5 Å². The summed E-state index contributed by atoms with van der Waals surface area (Å²) in [6, 6.07) is 9.87. The summed E-state index contributed by atoms with van der Waals surface area (Å²) in [7, 11) is -3.99. The normalized spacial score (nSPS) is 11.8. The maximum atomic E-state index is 12.9. The lowest BCUT2D eigenvalue weighted by Crippen LogP contribution is -2.37. The van der Waals surface area contributed by atoms with E-state index in [2.05, 4.69) is 5.32 Å². The summed E-state index contributed by atoms with van der Waals surface area (Å²) in [6.07, 6.45) is -3.82. The Labute approximate surface area is 148 Å². The number of halogens is 3. The third-order valence-corrected chi connectivity index (χ3v) is 4.48. The van der Waals surface area contributed by atoms with Crippen LogP contribution in [0.2, 0.25) is 0 Å². The summed E-state index contributed by atoms with van der Waals surface area (Å²) in [5.74, 6) is -0.711. The van der Waals surface area contributed by atoms with Gasteiger partial charge in [0.2, 0.25) is 15.9 Å². The van der Waals surface area contributed by atoms with Crippen molar-refractivity contribution in [2.75, 3.05) is 28.2 Å². The van der Waals surface area contributed by atoms with Crippen LogP contribution in [0.25, 0.3) is 0 Å². The minimum Gasteiger partial charge on any atom is -0.399 e. The van der Waals surface area contributed by atoms with Crippen molar-refractivity contribution in [3.8, 4) is 0 Å². The van der Waals surface area contributed by atoms with Crippen molar-refractivity contribution in [2.24, 2.45) is 0 Å². The fraction of sp³-hybridized carbons (Fsp3) is 0.188. The van der Waals surface area contributed by atoms with Gasteiger partial charge in [-0.25, -0.2) is 8.42 Å². The third-order valence-electron chi connectivity index (χ3n) is 3.34. The Morgan fingerprint density at radius 2 is 1.77 bits per heavy atom. The summed E-state index contributed by atoms with van der Waals surface area (Å²) >= 11 is 0. The van der Waals surface area contributed by atoms with E-state index < -0.39 is 34.2 Å². The number of hydrogen-bond donors (Lipinski definition) is 2. The molecule has 1 amide bonds. The molecule has 0 aromatic heterocycles. The van der Waals surface area contributed by atoms with Crippen LogP contribution in [0, 0.1) is 0 Å². The number of amides is 1. The number of alkyl halides is 3. The Bertz CT molecular complexity index is 897. The zero-order valence-electron chi connectivity index (χ0n) is 13.6. The van der Waals surface area contributed by atoms with E-state index in [0.717, 1.165) is 18.4 Å². The van der Waals surface area contributed by atoms with Crippen molar-refractivity contribution in [3.05, 3.63) is 54.1 Å². The number of benzene rings is 2. The summed E-state index contributed by atoms with van der Waals surface area (Å²) in [5.41, 5.74) is 5.12. The number of nitrogen functional groups attached to an aromatic ring is 1. The van der Waals surface area contributed by atoms with E-state index in [1.54, 1.807) is 0 Å². The van der Waals surface area contributed by atoms with Crippen molar-refractivity contribution in [3.63, 3.8) is 0 Å². The van der Waals surface area contributed by atoms with Crippen LogP contribution in [0.3, 0.4) is 0 Å². The van der Waals surface area contributed by atoms with E-state index in [4.69, 9.17) is 5.73 Å². The average Bonchev–Trinajstić information content (AvgIpc) is 2.53. The van der Waals surface area contributed by atoms with Gasteiger partial charge < -0.3 is 11.1 Å². The second-order valence-corrected chi connectivity index (χ2v) is 7.39. The number of sulfonamides is 1. The van der Waals surface area contributed by atoms with Crippen molar-refractivity contribution in [1.82, 2.24) is 0 Å². The molecule has 0 saturated carbocycles. The van der Waals surface area contributed by atoms with Crippen molar-refractivity contribution >= 4 is 33.0 Å². The molecule has 2 rings (SSSR count). The molecule has 0 aliphatic heterocycles. The van der Waals surface area contributed by atoms with E-state index in [1.165, 1.54) is 30.3 Å². The van der Waals surface area contributed by atoms with Crippen molar-refractivity contribution in [2.45, 2.75) is 6.18 Å². The molecule has 6 nitrogen and oxygen atoms in total. The second kappa shape index (κ2) is 7.24. The summed E-state index contributed by atoms with van der Waals surface area (Å²) in [6.45, 7) is -0.676. The number of rotatable bonds is 5. The first-order chi connectivity index (χ1) is 12.0. The molecule has 26 heavy (non-hydrogen) atoms. The minimum atomic E-state index is -4.63. The zero-order chi connectivity index (χ0) is 19.5. The van der Waals surface area contributed by atoms with Gasteiger partial charge in [-0.1, -0.05) is 6.07 Å². The number of hydrogen-bond acceptors (Lipinski definition) is 4. The number of anilines is 3. The van der Waals surface area contributed by atoms with Crippen LogP contribution in [-0.2, 0) is 21.0 Å². The first kappa shape index (κ1) is 19.6. The minimum absolute atomic E-state index is 0.255. The molecule has 140 valence electrons. The smallest absolute Gasteiger partial charge is 0.399 e. The van der Waals surface area contributed by atoms with Gasteiger partial charge in [-0.2, -0.15) is 13.2 Å². The van der Waals surface area contributed by atoms with Gasteiger partial charge in [-0.3, -0.25) is 9.10 Å². The number of nitrogens with two attached hydrogens (primary N) is 1. The van der Waals surface area contributed by atoms with Crippen molar-refractivity contribution in [1.29, 1.82) is 0 Å². The fourth-order valence-electron chi connectivity index (χ4n) is 2.13. The maximum Gasteiger partial charge on any atom is 0.416 e. The molecule has 0 heterocycles. The third kappa shape index (κ3) is 5.12. The predicted octanol–water partition coefficient (Wildman–Crippen LogP) is 2.69. The molecule has 3 N–H and O–H groups in total. The van der Waals surface area contributed by atoms with Gasteiger partial charge in [-0.15, -0.1) is 0 Å². The van der Waals surface area contributed by atoms with Gasteiger partial charge in [0.1, 0.15) is 6.54 Å². The average molecular weight is 387 g/mol. The molecule has 0 unspecified atom stereocenters. The van der Waals surface area contributed by atoms with E-state index >= 15 is 0 Å². The molecule has 0 radical (unpaired) electrons. The molecule has 2 aromatic carbocycles. The van der Waals surface area contributed by atoms with Gasteiger partial charge in [0.05, 0.1) is 17.5 Å². The largest absolute Gasteiger partial charge is 0.416 e. The van der Waals surface area contributed by atoms with E-state index in [0.29, 0.717) is 21.7 Å². The lowest BCUT2D eigenvalue weighted by atomic mass is 10.2. The zero-order valence-corrected chi connectivity index (χ0v) is 14.4. The molecular weight excluding hydrogens is 371 g/mol. The molecule has 0 aliphatic rings. The quantitative estimate of drug-likeness (QED) is 0.772. The number of carbonyl (C=O) groups is 1. The monoisotopic (exact) mass is 387 g/mol. The Kier molecular flexibility index (Phi) is 5.45. The molecule has 2 aromatic rings. The maximum absolute atomic E-state index is 12.9. The Balaban J connectivity index is 2.26. The van der Waals surface area contributed by atoms with Gasteiger partial charge in [0, 0.05) is 11.4 Å². The molecule has 0 spiro atoms. The molecular formula is C16H16F3N3O3S. The van der Waals surface area contributed by atoms with Crippen LogP contribution < -0.4 is 15.4 Å². The van der Waals surface area contributed by atoms with Crippen LogP contribution in [0.1, 0.15) is 5.56 Å². The first-order valence-electron chi connectivity index (χ1n) is 7.27. The van der Waals surface area contributed by atoms with E-state index in [9.17, 15) is 26.4 Å². The summed E-state index contributed by atoms with van der Waals surface area (Å²) in [5, 5.41) is 2.46. The van der Waals surface area contributed by atoms with Crippen LogP contribution in [0.5, 0.6) is 0 Å². The highest BCUT2D eigenvalue weighted by molar-refractivity contribution is 7.92. The van der Waals surface area contributed by atoms with E-state index in [1.807, 2.05) is 0 Å². The van der Waals surface area contributed by atoms with Crippen LogP contribution in [0.4, 0.5) is 30.2 Å². The highest BCUT2D eigenvalue weighted by atomic mass is 32.2. The van der Waals surface area contributed by atoms with E-state index in [-0.39, 0.29) is 5.69 Å². The van der Waals surface area contributed by atoms with Gasteiger partial charge in [-0.05, 0) is 42.5 Å². The lowest BCUT2D eigenvalue weighted by molar-refractivity contribution is -0.137. The molecule has 0 fully saturated rings. The number of carbonyl (C=O) groups excluding carboxylic acids is 1. The topological polar surface area (TPSA) is 92.5 Å².